The fourth-order valence-electron chi connectivity index (χ4n) is 2.27. The van der Waals surface area contributed by atoms with Crippen LogP contribution in [-0.4, -0.2) is 66.6 Å². The van der Waals surface area contributed by atoms with Crippen LogP contribution in [0.3, 0.4) is 0 Å². The van der Waals surface area contributed by atoms with Gasteiger partial charge < -0.3 is 24.8 Å². The van der Waals surface area contributed by atoms with E-state index in [1.165, 1.54) is 4.90 Å². The second kappa shape index (κ2) is 5.75. The van der Waals surface area contributed by atoms with Crippen LogP contribution in [0, 0.1) is 0 Å². The van der Waals surface area contributed by atoms with Gasteiger partial charge in [0.2, 0.25) is 0 Å². The molecular weight excluding hydrogens is 252 g/mol. The van der Waals surface area contributed by atoms with Gasteiger partial charge in [0.25, 0.3) is 0 Å². The van der Waals surface area contributed by atoms with Crippen LogP contribution in [0.15, 0.2) is 0 Å². The van der Waals surface area contributed by atoms with Gasteiger partial charge in [-0.2, -0.15) is 0 Å². The minimum atomic E-state index is -1.03. The molecule has 19 heavy (non-hydrogen) atoms. The van der Waals surface area contributed by atoms with E-state index in [2.05, 4.69) is 5.32 Å². The highest BCUT2D eigenvalue weighted by molar-refractivity contribution is 5.78. The Balaban J connectivity index is 1.90. The molecule has 0 radical (unpaired) electrons. The number of morpholine rings is 1. The van der Waals surface area contributed by atoms with Crippen LogP contribution >= 0.6 is 0 Å². The Morgan fingerprint density at radius 3 is 2.63 bits per heavy atom. The van der Waals surface area contributed by atoms with Gasteiger partial charge in [-0.15, -0.1) is 0 Å². The molecule has 2 saturated heterocycles. The number of rotatable bonds is 2. The largest absolute Gasteiger partial charge is 0.479 e. The lowest BCUT2D eigenvalue weighted by Crippen LogP contribution is -2.57. The zero-order valence-electron chi connectivity index (χ0n) is 11.1. The summed E-state index contributed by atoms with van der Waals surface area (Å²) in [6.45, 7) is 4.03. The zero-order chi connectivity index (χ0) is 13.9. The van der Waals surface area contributed by atoms with E-state index in [-0.39, 0.29) is 24.7 Å². The SMILES string of the molecule is CC1(NC(=O)N2CCOC(C(=O)O)C2)CCOCC1. The number of ether oxygens (including phenoxy) is 2. The number of urea groups is 1. The topological polar surface area (TPSA) is 88.1 Å². The quantitative estimate of drug-likeness (QED) is 0.741. The lowest BCUT2D eigenvalue weighted by Gasteiger charge is -2.38. The second-order valence-corrected chi connectivity index (χ2v) is 5.25. The summed E-state index contributed by atoms with van der Waals surface area (Å²) >= 11 is 0. The minimum absolute atomic E-state index is 0.0910. The van der Waals surface area contributed by atoms with Crippen LogP contribution < -0.4 is 5.32 Å². The van der Waals surface area contributed by atoms with Crippen LogP contribution in [0.4, 0.5) is 4.79 Å². The van der Waals surface area contributed by atoms with Gasteiger partial charge in [0, 0.05) is 25.3 Å². The number of amides is 2. The van der Waals surface area contributed by atoms with Gasteiger partial charge in [0.05, 0.1) is 13.2 Å². The number of carboxylic acids is 1. The molecular formula is C12H20N2O5. The molecule has 0 aromatic heterocycles. The second-order valence-electron chi connectivity index (χ2n) is 5.25. The van der Waals surface area contributed by atoms with E-state index < -0.39 is 12.1 Å². The van der Waals surface area contributed by atoms with Crippen molar-refractivity contribution in [1.82, 2.24) is 10.2 Å². The molecule has 2 N–H and O–H groups in total. The van der Waals surface area contributed by atoms with Crippen molar-refractivity contribution in [3.05, 3.63) is 0 Å². The van der Waals surface area contributed by atoms with E-state index in [9.17, 15) is 9.59 Å². The first kappa shape index (κ1) is 14.1. The van der Waals surface area contributed by atoms with Gasteiger partial charge in [0.1, 0.15) is 0 Å². The Bertz CT molecular complexity index is 354. The van der Waals surface area contributed by atoms with Crippen LogP contribution in [0.25, 0.3) is 0 Å². The maximum atomic E-state index is 12.2. The maximum Gasteiger partial charge on any atom is 0.334 e. The lowest BCUT2D eigenvalue weighted by molar-refractivity contribution is -0.154. The molecule has 0 aromatic carbocycles. The van der Waals surface area contributed by atoms with Crippen LogP contribution in [-0.2, 0) is 14.3 Å². The molecule has 2 aliphatic heterocycles. The summed E-state index contributed by atoms with van der Waals surface area (Å²) in [7, 11) is 0. The Kier molecular flexibility index (Phi) is 4.26. The van der Waals surface area contributed by atoms with Crippen molar-refractivity contribution in [2.45, 2.75) is 31.4 Å². The van der Waals surface area contributed by atoms with Gasteiger partial charge in [-0.25, -0.2) is 9.59 Å². The normalized spacial score (nSPS) is 26.8. The smallest absolute Gasteiger partial charge is 0.334 e. The van der Waals surface area contributed by atoms with Crippen molar-refractivity contribution < 1.29 is 24.2 Å². The van der Waals surface area contributed by atoms with E-state index in [1.54, 1.807) is 0 Å². The molecule has 0 saturated carbocycles. The number of nitrogens with zero attached hydrogens (tertiary/aromatic N) is 1. The summed E-state index contributed by atoms with van der Waals surface area (Å²) in [4.78, 5) is 24.5. The average Bonchev–Trinajstić information content (AvgIpc) is 2.39. The third kappa shape index (κ3) is 3.57. The third-order valence-electron chi connectivity index (χ3n) is 3.63. The molecule has 2 aliphatic rings. The molecule has 1 atom stereocenters. The molecule has 2 fully saturated rings. The Morgan fingerprint density at radius 1 is 1.32 bits per heavy atom. The predicted octanol–water partition coefficient (Wildman–Crippen LogP) is 0.0505. The van der Waals surface area contributed by atoms with Gasteiger partial charge >= 0.3 is 12.0 Å². The van der Waals surface area contributed by atoms with Crippen molar-refractivity contribution >= 4 is 12.0 Å². The van der Waals surface area contributed by atoms with Crippen molar-refractivity contribution in [1.29, 1.82) is 0 Å². The highest BCUT2D eigenvalue weighted by Crippen LogP contribution is 2.20. The van der Waals surface area contributed by atoms with Gasteiger partial charge in [0.15, 0.2) is 6.10 Å². The average molecular weight is 272 g/mol. The van der Waals surface area contributed by atoms with Gasteiger partial charge in [-0.1, -0.05) is 0 Å². The predicted molar refractivity (Wildman–Crippen MR) is 65.9 cm³/mol. The van der Waals surface area contributed by atoms with Gasteiger partial charge in [-0.3, -0.25) is 0 Å². The van der Waals surface area contributed by atoms with Crippen LogP contribution in [0.2, 0.25) is 0 Å². The number of nitrogens with one attached hydrogen (secondary N) is 1. The van der Waals surface area contributed by atoms with Crippen molar-refractivity contribution in [3.8, 4) is 0 Å². The van der Waals surface area contributed by atoms with E-state index in [0.717, 1.165) is 12.8 Å². The first-order valence-electron chi connectivity index (χ1n) is 6.49. The van der Waals surface area contributed by atoms with E-state index in [0.29, 0.717) is 19.8 Å². The summed E-state index contributed by atoms with van der Waals surface area (Å²) in [5.41, 5.74) is -0.271. The van der Waals surface area contributed by atoms with Crippen LogP contribution in [0.5, 0.6) is 0 Å². The molecule has 2 heterocycles. The summed E-state index contributed by atoms with van der Waals surface area (Å²) in [6.07, 6.45) is 0.610. The van der Waals surface area contributed by atoms with Crippen molar-refractivity contribution in [2.75, 3.05) is 32.9 Å². The maximum absolute atomic E-state index is 12.2. The fourth-order valence-corrected chi connectivity index (χ4v) is 2.27. The monoisotopic (exact) mass is 272 g/mol. The number of hydrogen-bond donors (Lipinski definition) is 2. The van der Waals surface area contributed by atoms with Crippen molar-refractivity contribution in [2.24, 2.45) is 0 Å². The summed E-state index contributed by atoms with van der Waals surface area (Å²) in [5, 5.41) is 11.9. The molecule has 108 valence electrons. The molecule has 2 amide bonds. The van der Waals surface area contributed by atoms with E-state index in [1.807, 2.05) is 6.92 Å². The van der Waals surface area contributed by atoms with Gasteiger partial charge in [-0.05, 0) is 19.8 Å². The molecule has 0 bridgehead atoms. The standard InChI is InChI=1S/C12H20N2O5/c1-12(2-5-18-6-3-12)13-11(17)14-4-7-19-9(8-14)10(15)16/h9H,2-8H2,1H3,(H,13,17)(H,15,16). The molecule has 2 rings (SSSR count). The number of carboxylic acid groups (broad SMARTS) is 1. The Hall–Kier alpha value is -1.34. The number of carbonyl (C=O) groups is 2. The van der Waals surface area contributed by atoms with E-state index >= 15 is 0 Å². The Morgan fingerprint density at radius 2 is 2.00 bits per heavy atom. The summed E-state index contributed by atoms with van der Waals surface area (Å²) in [6, 6.07) is -0.223. The Labute approximate surface area is 111 Å². The van der Waals surface area contributed by atoms with Crippen LogP contribution in [0.1, 0.15) is 19.8 Å². The zero-order valence-corrected chi connectivity index (χ0v) is 11.1. The molecule has 0 aliphatic carbocycles. The first-order valence-corrected chi connectivity index (χ1v) is 6.49. The fraction of sp³-hybridized carbons (Fsp3) is 0.833. The third-order valence-corrected chi connectivity index (χ3v) is 3.63. The summed E-state index contributed by atoms with van der Waals surface area (Å²) < 4.78 is 10.4. The minimum Gasteiger partial charge on any atom is -0.479 e. The highest BCUT2D eigenvalue weighted by atomic mass is 16.5. The molecule has 7 nitrogen and oxygen atoms in total. The number of carbonyl (C=O) groups excluding carboxylic acids is 1. The lowest BCUT2D eigenvalue weighted by atomic mass is 9.93. The summed E-state index contributed by atoms with van der Waals surface area (Å²) in [5.74, 6) is -1.03. The highest BCUT2D eigenvalue weighted by Gasteiger charge is 2.34. The number of hydrogen-bond acceptors (Lipinski definition) is 4. The van der Waals surface area contributed by atoms with Crippen molar-refractivity contribution in [3.63, 3.8) is 0 Å². The first-order chi connectivity index (χ1) is 9.00. The van der Waals surface area contributed by atoms with E-state index in [4.69, 9.17) is 14.6 Å². The molecule has 7 heteroatoms. The molecule has 0 aromatic rings. The number of aliphatic carboxylic acids is 1. The molecule has 1 unspecified atom stereocenters. The molecule has 0 spiro atoms.